The summed E-state index contributed by atoms with van der Waals surface area (Å²) in [6, 6.07) is 0.303. The molecule has 4 rings (SSSR count). The fourth-order valence-electron chi connectivity index (χ4n) is 4.46. The summed E-state index contributed by atoms with van der Waals surface area (Å²) in [6.45, 7) is 9.92. The fourth-order valence-corrected chi connectivity index (χ4v) is 4.46. The van der Waals surface area contributed by atoms with Crippen LogP contribution in [0.1, 0.15) is 55.8 Å². The number of nitrogens with zero attached hydrogens (tertiary/aromatic N) is 5. The minimum Gasteiger partial charge on any atom is -0.375 e. The maximum absolute atomic E-state index is 13.6. The normalized spacial score (nSPS) is 17.8. The molecular weight excluding hydrogens is 445 g/mol. The molecule has 0 aromatic carbocycles. The van der Waals surface area contributed by atoms with Gasteiger partial charge in [-0.15, -0.1) is 0 Å². The molecule has 34 heavy (non-hydrogen) atoms. The molecule has 0 saturated carbocycles. The topological polar surface area (TPSA) is 82.9 Å². The Hall–Kier alpha value is -2.82. The number of hydrogen-bond donors (Lipinski definition) is 3. The number of anilines is 3. The van der Waals surface area contributed by atoms with Gasteiger partial charge in [0.25, 0.3) is 0 Å². The smallest absolute Gasteiger partial charge is 0.375 e. The van der Waals surface area contributed by atoms with Crippen molar-refractivity contribution in [2.24, 2.45) is 0 Å². The van der Waals surface area contributed by atoms with Gasteiger partial charge in [0, 0.05) is 37.7 Å². The van der Waals surface area contributed by atoms with E-state index < -0.39 is 11.7 Å². The second-order valence-corrected chi connectivity index (χ2v) is 8.96. The van der Waals surface area contributed by atoms with Crippen LogP contribution in [0.2, 0.25) is 0 Å². The predicted molar refractivity (Wildman–Crippen MR) is 126 cm³/mol. The molecule has 0 bridgehead atoms. The summed E-state index contributed by atoms with van der Waals surface area (Å²) in [6.07, 6.45) is 4.08. The van der Waals surface area contributed by atoms with Gasteiger partial charge in [0.05, 0.1) is 17.4 Å². The van der Waals surface area contributed by atoms with E-state index in [-0.39, 0.29) is 11.8 Å². The number of aromatic nitrogens is 4. The van der Waals surface area contributed by atoms with Gasteiger partial charge in [-0.3, -0.25) is 4.68 Å². The van der Waals surface area contributed by atoms with Gasteiger partial charge in [0.15, 0.2) is 0 Å². The van der Waals surface area contributed by atoms with Crippen LogP contribution in [0.25, 0.3) is 0 Å². The highest BCUT2D eigenvalue weighted by Gasteiger charge is 2.35. The quantitative estimate of drug-likeness (QED) is 0.483. The third-order valence-electron chi connectivity index (χ3n) is 6.43. The van der Waals surface area contributed by atoms with Gasteiger partial charge in [-0.05, 0) is 58.5 Å². The number of piperidine rings is 2. The van der Waals surface area contributed by atoms with Gasteiger partial charge in [0.2, 0.25) is 5.95 Å². The van der Waals surface area contributed by atoms with Gasteiger partial charge in [0.1, 0.15) is 11.4 Å². The number of halogens is 3. The van der Waals surface area contributed by atoms with Crippen LogP contribution in [0.5, 0.6) is 0 Å². The van der Waals surface area contributed by atoms with Crippen molar-refractivity contribution in [3.05, 3.63) is 35.9 Å². The maximum Gasteiger partial charge on any atom is 0.421 e. The van der Waals surface area contributed by atoms with Crippen molar-refractivity contribution in [3.63, 3.8) is 0 Å². The molecule has 2 fully saturated rings. The molecule has 0 atom stereocenters. The number of allylic oxidation sites excluding steroid dienone is 1. The van der Waals surface area contributed by atoms with Crippen LogP contribution in [0.4, 0.5) is 30.6 Å². The van der Waals surface area contributed by atoms with Gasteiger partial charge in [-0.1, -0.05) is 6.58 Å². The number of nitrogens with one attached hydrogen (secondary N) is 3. The highest BCUT2D eigenvalue weighted by Crippen LogP contribution is 2.34. The van der Waals surface area contributed by atoms with Gasteiger partial charge in [-0.2, -0.15) is 23.3 Å². The number of aryl methyl sites for hydroxylation is 1. The molecule has 2 aromatic heterocycles. The average molecular weight is 479 g/mol. The first kappa shape index (κ1) is 24.3. The maximum atomic E-state index is 13.6. The van der Waals surface area contributed by atoms with Crippen LogP contribution in [0.3, 0.4) is 0 Å². The molecule has 2 aliphatic heterocycles. The van der Waals surface area contributed by atoms with Crippen molar-refractivity contribution >= 4 is 17.5 Å². The van der Waals surface area contributed by atoms with Crippen LogP contribution in [0, 0.1) is 6.92 Å². The van der Waals surface area contributed by atoms with Gasteiger partial charge < -0.3 is 20.9 Å². The van der Waals surface area contributed by atoms with E-state index in [0.29, 0.717) is 24.7 Å². The van der Waals surface area contributed by atoms with Crippen molar-refractivity contribution in [1.29, 1.82) is 0 Å². The Labute approximate surface area is 198 Å². The summed E-state index contributed by atoms with van der Waals surface area (Å²) < 4.78 is 42.6. The Kier molecular flexibility index (Phi) is 7.60. The van der Waals surface area contributed by atoms with E-state index in [1.54, 1.807) is 0 Å². The molecule has 0 spiro atoms. The summed E-state index contributed by atoms with van der Waals surface area (Å²) in [5.41, 5.74) is 1.67. The first-order valence-corrected chi connectivity index (χ1v) is 12.0. The second-order valence-electron chi connectivity index (χ2n) is 8.96. The monoisotopic (exact) mass is 478 g/mol. The standard InChI is InChI=1S/C23H33F3N8/c1-16-6-3-4-12-33(16)13-5-9-28-21-19(23(24,25)26)14-29-22(31-21)30-20-15-34(32-17(20)2)18-7-10-27-11-8-18/h14-15,18,27H,1,3-13H2,2H3,(H2,28,29,30,31). The number of alkyl halides is 3. The minimum absolute atomic E-state index is 0.105. The molecule has 0 radical (unpaired) electrons. The summed E-state index contributed by atoms with van der Waals surface area (Å²) in [5, 5.41) is 13.8. The highest BCUT2D eigenvalue weighted by molar-refractivity contribution is 5.58. The Balaban J connectivity index is 1.43. The fraction of sp³-hybridized carbons (Fsp3) is 0.609. The third-order valence-corrected chi connectivity index (χ3v) is 6.43. The molecule has 186 valence electrons. The molecule has 0 unspecified atom stereocenters. The summed E-state index contributed by atoms with van der Waals surface area (Å²) in [5.74, 6) is -0.112. The van der Waals surface area contributed by atoms with Crippen LogP contribution in [0.15, 0.2) is 24.7 Å². The van der Waals surface area contributed by atoms with Crippen LogP contribution < -0.4 is 16.0 Å². The highest BCUT2D eigenvalue weighted by atomic mass is 19.4. The van der Waals surface area contributed by atoms with Crippen LogP contribution >= 0.6 is 0 Å². The van der Waals surface area contributed by atoms with E-state index >= 15 is 0 Å². The van der Waals surface area contributed by atoms with E-state index in [4.69, 9.17) is 0 Å². The molecule has 3 N–H and O–H groups in total. The number of hydrogen-bond acceptors (Lipinski definition) is 7. The van der Waals surface area contributed by atoms with E-state index in [1.165, 1.54) is 0 Å². The van der Waals surface area contributed by atoms with Crippen molar-refractivity contribution in [1.82, 2.24) is 30.0 Å². The lowest BCUT2D eigenvalue weighted by molar-refractivity contribution is -0.137. The number of likely N-dealkylation sites (tertiary alicyclic amines) is 1. The van der Waals surface area contributed by atoms with Crippen LogP contribution in [-0.2, 0) is 6.18 Å². The lowest BCUT2D eigenvalue weighted by Crippen LogP contribution is -2.29. The Bertz CT molecular complexity index is 981. The first-order valence-electron chi connectivity index (χ1n) is 12.0. The molecular formula is C23H33F3N8. The van der Waals surface area contributed by atoms with Gasteiger partial charge in [-0.25, -0.2) is 4.98 Å². The SMILES string of the molecule is C=C1CCCCN1CCCNc1nc(Nc2cn(C3CCNCC3)nc2C)ncc1C(F)(F)F. The Morgan fingerprint density at radius 3 is 2.76 bits per heavy atom. The lowest BCUT2D eigenvalue weighted by atomic mass is 10.1. The zero-order valence-electron chi connectivity index (χ0n) is 19.6. The van der Waals surface area contributed by atoms with Crippen molar-refractivity contribution in [2.75, 3.05) is 43.4 Å². The van der Waals surface area contributed by atoms with E-state index in [0.717, 1.165) is 75.9 Å². The molecule has 0 amide bonds. The predicted octanol–water partition coefficient (Wildman–Crippen LogP) is 4.47. The largest absolute Gasteiger partial charge is 0.421 e. The molecule has 11 heteroatoms. The molecule has 0 aliphatic carbocycles. The minimum atomic E-state index is -4.54. The average Bonchev–Trinajstić information content (AvgIpc) is 3.18. The Morgan fingerprint density at radius 1 is 1.24 bits per heavy atom. The third kappa shape index (κ3) is 5.99. The summed E-state index contributed by atoms with van der Waals surface area (Å²) in [7, 11) is 0. The van der Waals surface area contributed by atoms with E-state index in [2.05, 4.69) is 42.5 Å². The molecule has 2 saturated heterocycles. The summed E-state index contributed by atoms with van der Waals surface area (Å²) >= 11 is 0. The molecule has 2 aromatic rings. The van der Waals surface area contributed by atoms with Crippen LogP contribution in [-0.4, -0.2) is 57.4 Å². The lowest BCUT2D eigenvalue weighted by Gasteiger charge is -2.31. The zero-order chi connectivity index (χ0) is 24.1. The molecule has 4 heterocycles. The summed E-state index contributed by atoms with van der Waals surface area (Å²) in [4.78, 5) is 10.3. The second kappa shape index (κ2) is 10.6. The van der Waals surface area contributed by atoms with E-state index in [9.17, 15) is 13.2 Å². The first-order chi connectivity index (χ1) is 16.3. The van der Waals surface area contributed by atoms with Crippen molar-refractivity contribution in [3.8, 4) is 0 Å². The zero-order valence-corrected chi connectivity index (χ0v) is 19.6. The Morgan fingerprint density at radius 2 is 2.03 bits per heavy atom. The number of rotatable bonds is 8. The molecule has 8 nitrogen and oxygen atoms in total. The van der Waals surface area contributed by atoms with Crippen molar-refractivity contribution < 1.29 is 13.2 Å². The molecule has 2 aliphatic rings. The van der Waals surface area contributed by atoms with Gasteiger partial charge >= 0.3 is 6.18 Å². The van der Waals surface area contributed by atoms with Crippen molar-refractivity contribution in [2.45, 2.75) is 57.7 Å². The van der Waals surface area contributed by atoms with E-state index in [1.807, 2.05) is 17.8 Å².